The summed E-state index contributed by atoms with van der Waals surface area (Å²) in [6.45, 7) is 4.18. The minimum absolute atomic E-state index is 1.19. The fourth-order valence-corrected chi connectivity index (χ4v) is 1.92. The smallest absolute Gasteiger partial charge is 0.182 e. The van der Waals surface area contributed by atoms with Gasteiger partial charge in [-0.05, 0) is 11.3 Å². The Balaban J connectivity index is 2.97. The molecule has 3 heteroatoms. The summed E-state index contributed by atoms with van der Waals surface area (Å²) in [6.07, 6.45) is 3.61. The molecule has 1 rings (SSSR count). The molecule has 1 aromatic heterocycles. The topological polar surface area (TPSA) is 12.9 Å². The number of pyridine rings is 1. The van der Waals surface area contributed by atoms with Gasteiger partial charge in [0.25, 0.3) is 0 Å². The highest BCUT2D eigenvalue weighted by molar-refractivity contribution is 7.26. The quantitative estimate of drug-likeness (QED) is 0.464. The summed E-state index contributed by atoms with van der Waals surface area (Å²) in [5, 5.41) is 1.19. The monoisotopic (exact) mass is 171 g/mol. The van der Waals surface area contributed by atoms with Gasteiger partial charge in [-0.1, -0.05) is 19.2 Å². The Morgan fingerprint density at radius 3 is 2.50 bits per heavy atom. The van der Waals surface area contributed by atoms with Gasteiger partial charge in [0.05, 0.1) is 0 Å². The van der Waals surface area contributed by atoms with Crippen molar-refractivity contribution >= 4 is 23.6 Å². The van der Waals surface area contributed by atoms with Crippen molar-refractivity contribution in [1.82, 2.24) is 4.98 Å². The summed E-state index contributed by atoms with van der Waals surface area (Å²) in [6, 6.07) is 3.96. The van der Waals surface area contributed by atoms with Crippen LogP contribution in [0.2, 0.25) is 13.1 Å². The van der Waals surface area contributed by atoms with E-state index in [2.05, 4.69) is 18.1 Å². The molecule has 0 bridgehead atoms. The van der Waals surface area contributed by atoms with E-state index < -0.39 is 7.38 Å². The summed E-state index contributed by atoms with van der Waals surface area (Å²) in [5.74, 6) is 0. The van der Waals surface area contributed by atoms with Gasteiger partial charge >= 0.3 is 0 Å². The van der Waals surface area contributed by atoms with E-state index in [0.717, 1.165) is 0 Å². The van der Waals surface area contributed by atoms with Crippen molar-refractivity contribution in [2.24, 2.45) is 0 Å². The van der Waals surface area contributed by atoms with Gasteiger partial charge in [-0.2, -0.15) is 11.1 Å². The number of hydrogen-bond acceptors (Lipinski definition) is 1. The lowest BCUT2D eigenvalue weighted by molar-refractivity contribution is 1.35. The predicted octanol–water partition coefficient (Wildman–Crippen LogP) is 1.73. The van der Waals surface area contributed by atoms with Crippen molar-refractivity contribution in [3.8, 4) is 0 Å². The van der Waals surface area contributed by atoms with Gasteiger partial charge in [-0.3, -0.25) is 4.98 Å². The summed E-state index contributed by atoms with van der Waals surface area (Å²) in [7, 11) is -1.62. The van der Waals surface area contributed by atoms with E-state index in [-0.39, 0.29) is 0 Å². The maximum Gasteiger partial charge on any atom is 0.182 e. The molecule has 54 valence electrons. The molecule has 0 saturated carbocycles. The second kappa shape index (κ2) is 2.72. The lowest BCUT2D eigenvalue weighted by Gasteiger charge is -2.11. The van der Waals surface area contributed by atoms with E-state index in [9.17, 15) is 0 Å². The van der Waals surface area contributed by atoms with Crippen molar-refractivity contribution in [2.45, 2.75) is 13.1 Å². The molecule has 0 aromatic carbocycles. The molecular weight excluding hydrogens is 162 g/mol. The van der Waals surface area contributed by atoms with Gasteiger partial charge in [0.2, 0.25) is 0 Å². The average molecular weight is 172 g/mol. The highest BCUT2D eigenvalue weighted by Crippen LogP contribution is 2.05. The van der Waals surface area contributed by atoms with E-state index in [0.29, 0.717) is 0 Å². The second-order valence-electron chi connectivity index (χ2n) is 2.71. The van der Waals surface area contributed by atoms with Gasteiger partial charge in [-0.15, -0.1) is 0 Å². The summed E-state index contributed by atoms with van der Waals surface area (Å²) >= 11 is 6.16. The zero-order valence-electron chi connectivity index (χ0n) is 6.13. The van der Waals surface area contributed by atoms with Crippen LogP contribution in [-0.2, 0) is 0 Å². The molecule has 0 amide bonds. The summed E-state index contributed by atoms with van der Waals surface area (Å²) in [4.78, 5) is 4.00. The standard InChI is InChI=1S/C7H10ClNSi/c1-10(2,8)7-4-3-5-9-6-7/h3-6H,1-2H3. The van der Waals surface area contributed by atoms with Crippen molar-refractivity contribution in [2.75, 3.05) is 0 Å². The molecule has 10 heavy (non-hydrogen) atoms. The highest BCUT2D eigenvalue weighted by Gasteiger charge is 2.19. The third kappa shape index (κ3) is 1.82. The Morgan fingerprint density at radius 1 is 1.50 bits per heavy atom. The molecule has 1 nitrogen and oxygen atoms in total. The maximum absolute atomic E-state index is 6.16. The number of aromatic nitrogens is 1. The second-order valence-corrected chi connectivity index (χ2v) is 9.07. The van der Waals surface area contributed by atoms with Crippen LogP contribution < -0.4 is 5.19 Å². The van der Waals surface area contributed by atoms with E-state index in [1.807, 2.05) is 18.3 Å². The SMILES string of the molecule is C[Si](C)(Cl)c1cccnc1. The Morgan fingerprint density at radius 2 is 2.20 bits per heavy atom. The average Bonchev–Trinajstić information content (AvgIpc) is 1.88. The maximum atomic E-state index is 6.16. The molecule has 0 N–H and O–H groups in total. The van der Waals surface area contributed by atoms with Crippen LogP contribution in [0.15, 0.2) is 24.5 Å². The lowest BCUT2D eigenvalue weighted by Crippen LogP contribution is -2.34. The normalized spacial score (nSPS) is 11.5. The molecule has 0 spiro atoms. The van der Waals surface area contributed by atoms with Gasteiger partial charge in [0.1, 0.15) is 0 Å². The van der Waals surface area contributed by atoms with Crippen LogP contribution in [0.1, 0.15) is 0 Å². The van der Waals surface area contributed by atoms with E-state index >= 15 is 0 Å². The van der Waals surface area contributed by atoms with Gasteiger partial charge in [0, 0.05) is 12.4 Å². The first-order valence-electron chi connectivity index (χ1n) is 3.20. The lowest BCUT2D eigenvalue weighted by atomic mass is 10.5. The summed E-state index contributed by atoms with van der Waals surface area (Å²) in [5.41, 5.74) is 0. The third-order valence-electron chi connectivity index (χ3n) is 1.35. The predicted molar refractivity (Wildman–Crippen MR) is 47.2 cm³/mol. The molecule has 0 aliphatic heterocycles. The molecule has 1 aromatic rings. The first-order chi connectivity index (χ1) is 4.61. The molecule has 0 unspecified atom stereocenters. The first-order valence-corrected chi connectivity index (χ1v) is 7.21. The van der Waals surface area contributed by atoms with Gasteiger partial charge in [0.15, 0.2) is 7.38 Å². The molecule has 1 heterocycles. The van der Waals surface area contributed by atoms with Crippen LogP contribution in [0.4, 0.5) is 0 Å². The zero-order valence-corrected chi connectivity index (χ0v) is 7.89. The van der Waals surface area contributed by atoms with E-state index in [4.69, 9.17) is 11.1 Å². The van der Waals surface area contributed by atoms with Crippen molar-refractivity contribution in [3.05, 3.63) is 24.5 Å². The van der Waals surface area contributed by atoms with Gasteiger partial charge < -0.3 is 0 Å². The first kappa shape index (κ1) is 7.76. The number of hydrogen-bond donors (Lipinski definition) is 0. The van der Waals surface area contributed by atoms with Crippen molar-refractivity contribution in [3.63, 3.8) is 0 Å². The summed E-state index contributed by atoms with van der Waals surface area (Å²) < 4.78 is 0. The Hall–Kier alpha value is -0.343. The molecule has 0 aliphatic carbocycles. The van der Waals surface area contributed by atoms with Crippen molar-refractivity contribution < 1.29 is 0 Å². The van der Waals surface area contributed by atoms with Crippen LogP contribution in [0.5, 0.6) is 0 Å². The molecule has 0 fully saturated rings. The zero-order chi connectivity index (χ0) is 7.61. The Bertz CT molecular complexity index is 205. The van der Waals surface area contributed by atoms with Crippen LogP contribution in [-0.4, -0.2) is 12.4 Å². The molecule has 0 radical (unpaired) electrons. The van der Waals surface area contributed by atoms with E-state index in [1.165, 1.54) is 5.19 Å². The van der Waals surface area contributed by atoms with Crippen LogP contribution in [0.3, 0.4) is 0 Å². The molecular formula is C7H10ClNSi. The Kier molecular flexibility index (Phi) is 2.11. The van der Waals surface area contributed by atoms with Gasteiger partial charge in [-0.25, -0.2) is 0 Å². The van der Waals surface area contributed by atoms with Crippen LogP contribution in [0.25, 0.3) is 0 Å². The molecule has 0 aliphatic rings. The minimum Gasteiger partial charge on any atom is -0.265 e. The van der Waals surface area contributed by atoms with E-state index in [1.54, 1.807) is 6.20 Å². The van der Waals surface area contributed by atoms with Crippen LogP contribution >= 0.6 is 11.1 Å². The molecule has 0 saturated heterocycles. The highest BCUT2D eigenvalue weighted by atomic mass is 35.6. The number of rotatable bonds is 1. The number of halogens is 1. The number of nitrogens with zero attached hydrogens (tertiary/aromatic N) is 1. The fourth-order valence-electron chi connectivity index (χ4n) is 0.714. The van der Waals surface area contributed by atoms with Crippen molar-refractivity contribution in [1.29, 1.82) is 0 Å². The molecule has 0 atom stereocenters. The third-order valence-corrected chi connectivity index (χ3v) is 3.67. The fraction of sp³-hybridized carbons (Fsp3) is 0.286. The Labute approximate surface area is 66.8 Å². The van der Waals surface area contributed by atoms with Crippen LogP contribution in [0, 0.1) is 0 Å². The minimum atomic E-state index is -1.62. The largest absolute Gasteiger partial charge is 0.265 e.